The zero-order valence-electron chi connectivity index (χ0n) is 21.0. The lowest BCUT2D eigenvalue weighted by molar-refractivity contribution is -0.116. The summed E-state index contributed by atoms with van der Waals surface area (Å²) in [7, 11) is 1.76. The molecular weight excluding hydrogens is 454 g/mol. The molecule has 6 rings (SSSR count). The summed E-state index contributed by atoms with van der Waals surface area (Å²) in [5.74, 6) is 12.9. The average Bonchev–Trinajstić information content (AvgIpc) is 2.91. The van der Waals surface area contributed by atoms with E-state index in [1.807, 2.05) is 66.7 Å². The quantitative estimate of drug-likeness (QED) is 0.299. The molecule has 4 aromatic carbocycles. The van der Waals surface area contributed by atoms with Crippen molar-refractivity contribution in [3.63, 3.8) is 0 Å². The first-order chi connectivity index (χ1) is 18.1. The summed E-state index contributed by atoms with van der Waals surface area (Å²) in [5, 5.41) is 0. The van der Waals surface area contributed by atoms with Gasteiger partial charge in [0.2, 0.25) is 5.91 Å². The number of hydrogen-bond acceptors (Lipinski definition) is 2. The molecule has 0 radical (unpaired) electrons. The Bertz CT molecular complexity index is 1580. The van der Waals surface area contributed by atoms with Crippen molar-refractivity contribution in [3.8, 4) is 23.7 Å². The number of carbonyl (C=O) groups excluding carboxylic acids is 1. The predicted molar refractivity (Wildman–Crippen MR) is 148 cm³/mol. The molecule has 0 saturated carbocycles. The van der Waals surface area contributed by atoms with E-state index in [9.17, 15) is 4.79 Å². The lowest BCUT2D eigenvalue weighted by Gasteiger charge is -2.24. The molecule has 1 aliphatic carbocycles. The van der Waals surface area contributed by atoms with Gasteiger partial charge in [0.25, 0.3) is 0 Å². The van der Waals surface area contributed by atoms with E-state index in [-0.39, 0.29) is 12.0 Å². The third kappa shape index (κ3) is 5.34. The predicted octanol–water partition coefficient (Wildman–Crippen LogP) is 6.28. The van der Waals surface area contributed by atoms with E-state index >= 15 is 0 Å². The summed E-state index contributed by atoms with van der Waals surface area (Å²) in [6.07, 6.45) is 0.954. The van der Waals surface area contributed by atoms with E-state index in [0.29, 0.717) is 6.54 Å². The fourth-order valence-corrected chi connectivity index (χ4v) is 4.63. The molecule has 2 aliphatic rings. The molecule has 3 heteroatoms. The Hall–Kier alpha value is -4.57. The summed E-state index contributed by atoms with van der Waals surface area (Å²) in [5.41, 5.74) is 8.47. The molecule has 0 bridgehead atoms. The number of methoxy groups -OCH3 is 1. The maximum Gasteiger partial charge on any atom is 0.224 e. The van der Waals surface area contributed by atoms with Crippen LogP contribution in [0.3, 0.4) is 0 Å². The first-order valence-electron chi connectivity index (χ1n) is 12.3. The summed E-state index contributed by atoms with van der Waals surface area (Å²) in [6.45, 7) is 2.16. The Kier molecular flexibility index (Phi) is 7.18. The highest BCUT2D eigenvalue weighted by Gasteiger charge is 2.18. The highest BCUT2D eigenvalue weighted by Crippen LogP contribution is 2.28. The number of nitrogens with zero attached hydrogens (tertiary/aromatic N) is 1. The zero-order chi connectivity index (χ0) is 25.6. The molecule has 0 saturated heterocycles. The van der Waals surface area contributed by atoms with E-state index in [4.69, 9.17) is 4.74 Å². The van der Waals surface area contributed by atoms with Crippen LogP contribution in [0.1, 0.15) is 52.0 Å². The van der Waals surface area contributed by atoms with Crippen LogP contribution in [-0.2, 0) is 22.5 Å². The molecule has 37 heavy (non-hydrogen) atoms. The molecule has 0 N–H and O–H groups in total. The number of para-hydroxylation sites is 1. The second-order valence-electron chi connectivity index (χ2n) is 8.95. The van der Waals surface area contributed by atoms with Gasteiger partial charge < -0.3 is 9.64 Å². The third-order valence-corrected chi connectivity index (χ3v) is 6.60. The molecule has 1 unspecified atom stereocenters. The van der Waals surface area contributed by atoms with Crippen LogP contribution in [0.2, 0.25) is 0 Å². The number of hydrogen-bond donors (Lipinski definition) is 0. The maximum atomic E-state index is 11.9. The minimum absolute atomic E-state index is 0.0333. The van der Waals surface area contributed by atoms with E-state index in [1.165, 1.54) is 11.1 Å². The molecule has 1 amide bonds. The first-order valence-corrected chi connectivity index (χ1v) is 12.3. The van der Waals surface area contributed by atoms with Crippen LogP contribution in [0.4, 0.5) is 5.69 Å². The van der Waals surface area contributed by atoms with Crippen molar-refractivity contribution in [2.45, 2.75) is 26.0 Å². The van der Waals surface area contributed by atoms with Crippen LogP contribution in [0.15, 0.2) is 97.1 Å². The van der Waals surface area contributed by atoms with E-state index in [0.717, 1.165) is 39.9 Å². The minimum atomic E-state index is 0.0333. The van der Waals surface area contributed by atoms with Gasteiger partial charge in [-0.25, -0.2) is 0 Å². The van der Waals surface area contributed by atoms with Gasteiger partial charge in [-0.05, 0) is 47.0 Å². The highest BCUT2D eigenvalue weighted by atomic mass is 16.5. The van der Waals surface area contributed by atoms with Crippen molar-refractivity contribution in [1.82, 2.24) is 0 Å². The molecular formula is C34H27NO2. The first kappa shape index (κ1) is 24.1. The van der Waals surface area contributed by atoms with Gasteiger partial charge in [-0.1, -0.05) is 90.4 Å². The summed E-state index contributed by atoms with van der Waals surface area (Å²) >= 11 is 0. The number of rotatable bonds is 1. The van der Waals surface area contributed by atoms with Crippen molar-refractivity contribution >= 4 is 11.6 Å². The smallest absolute Gasteiger partial charge is 0.224 e. The van der Waals surface area contributed by atoms with Gasteiger partial charge >= 0.3 is 0 Å². The topological polar surface area (TPSA) is 29.5 Å². The van der Waals surface area contributed by atoms with Crippen molar-refractivity contribution in [1.29, 1.82) is 0 Å². The molecule has 0 spiro atoms. The van der Waals surface area contributed by atoms with E-state index in [1.54, 1.807) is 18.9 Å². The molecule has 0 aromatic heterocycles. The number of carbonyl (C=O) groups is 1. The molecule has 180 valence electrons. The Morgan fingerprint density at radius 3 is 1.92 bits per heavy atom. The Morgan fingerprint density at radius 2 is 1.22 bits per heavy atom. The van der Waals surface area contributed by atoms with Crippen LogP contribution in [-0.4, -0.2) is 13.0 Å². The second kappa shape index (κ2) is 11.0. The standard InChI is InChI=1S/C17H13NO.C17H14O/c1-13(19)18-12-16-8-3-2-6-14(16)10-11-15-7-4-5-9-17(15)18;1-18-17-12-15-8-3-2-6-13(15)10-11-14-7-4-5-9-16(14)17/h2-9H,12H2,1H3;2-9,17H,12H2,1H3. The molecule has 1 aliphatic heterocycles. The molecule has 4 aromatic rings. The van der Waals surface area contributed by atoms with Crippen LogP contribution in [0, 0.1) is 23.7 Å². The van der Waals surface area contributed by atoms with Gasteiger partial charge in [-0.15, -0.1) is 0 Å². The number of ether oxygens (including phenoxy) is 1. The maximum absolute atomic E-state index is 11.9. The van der Waals surface area contributed by atoms with Gasteiger partial charge in [0.05, 0.1) is 18.3 Å². The van der Waals surface area contributed by atoms with E-state index in [2.05, 4.69) is 54.0 Å². The van der Waals surface area contributed by atoms with Crippen molar-refractivity contribution in [3.05, 3.63) is 136 Å². The van der Waals surface area contributed by atoms with Crippen molar-refractivity contribution in [2.24, 2.45) is 0 Å². The van der Waals surface area contributed by atoms with E-state index < -0.39 is 0 Å². The van der Waals surface area contributed by atoms with Gasteiger partial charge in [-0.3, -0.25) is 4.79 Å². The number of fused-ring (bicyclic) bond motifs is 4. The van der Waals surface area contributed by atoms with Gasteiger partial charge in [-0.2, -0.15) is 0 Å². The lowest BCUT2D eigenvalue weighted by atomic mass is 9.92. The molecule has 3 nitrogen and oxygen atoms in total. The summed E-state index contributed by atoms with van der Waals surface area (Å²) < 4.78 is 5.64. The van der Waals surface area contributed by atoms with Crippen LogP contribution < -0.4 is 4.90 Å². The number of amides is 1. The van der Waals surface area contributed by atoms with Crippen LogP contribution >= 0.6 is 0 Å². The Labute approximate surface area is 218 Å². The van der Waals surface area contributed by atoms with Crippen LogP contribution in [0.25, 0.3) is 0 Å². The Balaban J connectivity index is 0.000000152. The SMILES string of the molecule is CC(=O)N1Cc2ccccc2C#Cc2ccccc21.COC1Cc2ccccc2C#Cc2ccccc21. The van der Waals surface area contributed by atoms with Gasteiger partial charge in [0, 0.05) is 42.7 Å². The zero-order valence-corrected chi connectivity index (χ0v) is 21.0. The number of anilines is 1. The monoisotopic (exact) mass is 481 g/mol. The summed E-state index contributed by atoms with van der Waals surface area (Å²) in [4.78, 5) is 13.7. The minimum Gasteiger partial charge on any atom is -0.376 e. The summed E-state index contributed by atoms with van der Waals surface area (Å²) in [6, 6.07) is 32.3. The lowest BCUT2D eigenvalue weighted by Crippen LogP contribution is -2.29. The van der Waals surface area contributed by atoms with Crippen molar-refractivity contribution in [2.75, 3.05) is 12.0 Å². The third-order valence-electron chi connectivity index (χ3n) is 6.60. The number of benzene rings is 4. The molecule has 0 fully saturated rings. The fourth-order valence-electron chi connectivity index (χ4n) is 4.63. The fraction of sp³-hybridized carbons (Fsp3) is 0.147. The van der Waals surface area contributed by atoms with Gasteiger partial charge in [0.1, 0.15) is 0 Å². The van der Waals surface area contributed by atoms with Crippen LogP contribution in [0.5, 0.6) is 0 Å². The molecule has 1 atom stereocenters. The Morgan fingerprint density at radius 1 is 0.703 bits per heavy atom. The van der Waals surface area contributed by atoms with Crippen molar-refractivity contribution < 1.29 is 9.53 Å². The molecule has 1 heterocycles. The largest absolute Gasteiger partial charge is 0.376 e. The highest BCUT2D eigenvalue weighted by molar-refractivity contribution is 5.93. The average molecular weight is 482 g/mol. The van der Waals surface area contributed by atoms with Gasteiger partial charge in [0.15, 0.2) is 0 Å². The second-order valence-corrected chi connectivity index (χ2v) is 8.95. The normalized spacial score (nSPS) is 14.4.